The van der Waals surface area contributed by atoms with Crippen LogP contribution in [0.4, 0.5) is 0 Å². The topological polar surface area (TPSA) is 58.8 Å². The first-order chi connectivity index (χ1) is 7.52. The van der Waals surface area contributed by atoms with Crippen LogP contribution in [0, 0.1) is 0 Å². The van der Waals surface area contributed by atoms with Crippen molar-refractivity contribution in [1.29, 1.82) is 0 Å². The number of ether oxygens (including phenoxy) is 1. The van der Waals surface area contributed by atoms with Crippen LogP contribution >= 0.6 is 0 Å². The van der Waals surface area contributed by atoms with Gasteiger partial charge in [-0.05, 0) is 20.5 Å². The Hall–Kier alpha value is -0.650. The van der Waals surface area contributed by atoms with Crippen molar-refractivity contribution in [3.05, 3.63) is 0 Å². The summed E-state index contributed by atoms with van der Waals surface area (Å²) < 4.78 is 4.90. The van der Waals surface area contributed by atoms with Crippen molar-refractivity contribution in [2.75, 3.05) is 47.4 Å². The summed E-state index contributed by atoms with van der Waals surface area (Å²) in [5, 5.41) is 0. The number of nitrogens with zero attached hydrogens (tertiary/aromatic N) is 2. The highest BCUT2D eigenvalue weighted by Crippen LogP contribution is 1.97. The molecule has 0 spiro atoms. The number of hydrogen-bond donors (Lipinski definition) is 1. The van der Waals surface area contributed by atoms with Crippen LogP contribution in [0.3, 0.4) is 0 Å². The molecule has 1 amide bonds. The second kappa shape index (κ2) is 8.50. The highest BCUT2D eigenvalue weighted by Gasteiger charge is 2.19. The molecule has 0 heterocycles. The van der Waals surface area contributed by atoms with Crippen LogP contribution in [0.1, 0.15) is 13.3 Å². The van der Waals surface area contributed by atoms with Gasteiger partial charge in [0.15, 0.2) is 0 Å². The number of hydrogen-bond acceptors (Lipinski definition) is 4. The fraction of sp³-hybridized carbons (Fsp3) is 0.909. The van der Waals surface area contributed by atoms with Crippen molar-refractivity contribution >= 4 is 5.91 Å². The minimum atomic E-state index is -0.543. The molecule has 96 valence electrons. The maximum Gasteiger partial charge on any atom is 0.241 e. The molecule has 0 saturated carbocycles. The summed E-state index contributed by atoms with van der Waals surface area (Å²) in [4.78, 5) is 15.8. The van der Waals surface area contributed by atoms with Gasteiger partial charge in [0.05, 0.1) is 6.61 Å². The number of nitrogens with two attached hydrogens (primary N) is 1. The fourth-order valence-corrected chi connectivity index (χ4v) is 1.41. The number of carbonyl (C=O) groups excluding carboxylic acids is 1. The highest BCUT2D eigenvalue weighted by atomic mass is 16.5. The minimum Gasteiger partial charge on any atom is -0.383 e. The second-order valence-corrected chi connectivity index (χ2v) is 4.19. The third-order valence-electron chi connectivity index (χ3n) is 2.29. The van der Waals surface area contributed by atoms with Crippen LogP contribution in [0.15, 0.2) is 0 Å². The van der Waals surface area contributed by atoms with E-state index in [-0.39, 0.29) is 12.5 Å². The van der Waals surface area contributed by atoms with Crippen molar-refractivity contribution in [2.24, 2.45) is 5.73 Å². The van der Waals surface area contributed by atoms with E-state index in [0.717, 1.165) is 26.1 Å². The van der Waals surface area contributed by atoms with Crippen LogP contribution < -0.4 is 5.73 Å². The predicted octanol–water partition coefficient (Wildman–Crippen LogP) is -0.240. The Labute approximate surface area is 98.5 Å². The third-order valence-corrected chi connectivity index (χ3v) is 2.29. The van der Waals surface area contributed by atoms with Crippen molar-refractivity contribution in [3.8, 4) is 0 Å². The van der Waals surface area contributed by atoms with Gasteiger partial charge in [-0.2, -0.15) is 0 Å². The van der Waals surface area contributed by atoms with Gasteiger partial charge < -0.3 is 20.3 Å². The highest BCUT2D eigenvalue weighted by molar-refractivity contribution is 5.81. The maximum atomic E-state index is 11.9. The van der Waals surface area contributed by atoms with Gasteiger partial charge in [0.2, 0.25) is 5.91 Å². The molecule has 0 radical (unpaired) electrons. The molecule has 0 aliphatic rings. The van der Waals surface area contributed by atoms with Crippen LogP contribution in [-0.4, -0.2) is 69.2 Å². The van der Waals surface area contributed by atoms with Gasteiger partial charge in [-0.1, -0.05) is 6.92 Å². The van der Waals surface area contributed by atoms with E-state index in [4.69, 9.17) is 10.5 Å². The molecule has 0 bridgehead atoms. The summed E-state index contributed by atoms with van der Waals surface area (Å²) in [6.45, 7) is 4.66. The molecule has 2 N–H and O–H groups in total. The summed E-state index contributed by atoms with van der Waals surface area (Å²) in [6.07, 6.45) is 0.943. The van der Waals surface area contributed by atoms with Gasteiger partial charge in [-0.3, -0.25) is 4.79 Å². The van der Waals surface area contributed by atoms with Gasteiger partial charge >= 0.3 is 0 Å². The molecule has 0 aliphatic heterocycles. The van der Waals surface area contributed by atoms with Crippen LogP contribution in [-0.2, 0) is 9.53 Å². The van der Waals surface area contributed by atoms with E-state index in [9.17, 15) is 4.79 Å². The molecule has 1 unspecified atom stereocenters. The Morgan fingerprint density at radius 3 is 2.38 bits per heavy atom. The molecule has 0 aliphatic carbocycles. The summed E-state index contributed by atoms with van der Waals surface area (Å²) in [5.41, 5.74) is 5.74. The molecule has 0 aromatic carbocycles. The quantitative estimate of drug-likeness (QED) is 0.626. The lowest BCUT2D eigenvalue weighted by Crippen LogP contribution is -2.48. The lowest BCUT2D eigenvalue weighted by molar-refractivity contribution is -0.134. The summed E-state index contributed by atoms with van der Waals surface area (Å²) in [7, 11) is 5.53. The Morgan fingerprint density at radius 2 is 1.94 bits per heavy atom. The van der Waals surface area contributed by atoms with E-state index < -0.39 is 6.04 Å². The fourth-order valence-electron chi connectivity index (χ4n) is 1.41. The zero-order chi connectivity index (χ0) is 12.6. The van der Waals surface area contributed by atoms with E-state index in [2.05, 4.69) is 11.8 Å². The monoisotopic (exact) mass is 231 g/mol. The van der Waals surface area contributed by atoms with Gasteiger partial charge in [-0.25, -0.2) is 0 Å². The molecule has 0 aromatic rings. The number of rotatable bonds is 8. The molecular formula is C11H25N3O2. The maximum absolute atomic E-state index is 11.9. The Morgan fingerprint density at radius 1 is 1.31 bits per heavy atom. The lowest BCUT2D eigenvalue weighted by atomic mass is 10.2. The van der Waals surface area contributed by atoms with Crippen molar-refractivity contribution in [2.45, 2.75) is 19.4 Å². The molecule has 1 atom stereocenters. The smallest absolute Gasteiger partial charge is 0.241 e. The average Bonchev–Trinajstić information content (AvgIpc) is 2.23. The number of amides is 1. The number of methoxy groups -OCH3 is 1. The number of likely N-dealkylation sites (N-methyl/N-ethyl adjacent to an activating group) is 1. The normalized spacial score (nSPS) is 12.9. The zero-order valence-corrected chi connectivity index (χ0v) is 10.9. The second-order valence-electron chi connectivity index (χ2n) is 4.19. The summed E-state index contributed by atoms with van der Waals surface area (Å²) >= 11 is 0. The first kappa shape index (κ1) is 15.3. The Kier molecular flexibility index (Phi) is 8.15. The van der Waals surface area contributed by atoms with Gasteiger partial charge in [0.1, 0.15) is 6.04 Å². The molecule has 0 rings (SSSR count). The Balaban J connectivity index is 4.22. The van der Waals surface area contributed by atoms with Crippen LogP contribution in [0.2, 0.25) is 0 Å². The first-order valence-electron chi connectivity index (χ1n) is 5.71. The summed E-state index contributed by atoms with van der Waals surface area (Å²) in [5.74, 6) is -0.0226. The van der Waals surface area contributed by atoms with E-state index in [1.54, 1.807) is 7.11 Å². The predicted molar refractivity (Wildman–Crippen MR) is 65.3 cm³/mol. The molecule has 16 heavy (non-hydrogen) atoms. The van der Waals surface area contributed by atoms with Crippen molar-refractivity contribution in [1.82, 2.24) is 9.80 Å². The summed E-state index contributed by atoms with van der Waals surface area (Å²) in [6, 6.07) is -0.543. The standard InChI is InChI=1S/C11H25N3O2/c1-5-6-14(8-7-13(2)3)11(15)10(12)9-16-4/h10H,5-9,12H2,1-4H3. The van der Waals surface area contributed by atoms with Crippen molar-refractivity contribution in [3.63, 3.8) is 0 Å². The SMILES string of the molecule is CCCN(CCN(C)C)C(=O)C(N)COC. The van der Waals surface area contributed by atoms with Crippen LogP contribution in [0.5, 0.6) is 0 Å². The zero-order valence-electron chi connectivity index (χ0n) is 10.9. The molecule has 5 nitrogen and oxygen atoms in total. The molecule has 5 heteroatoms. The third kappa shape index (κ3) is 6.05. The van der Waals surface area contributed by atoms with E-state index in [1.165, 1.54) is 0 Å². The molecule has 0 aromatic heterocycles. The average molecular weight is 231 g/mol. The first-order valence-corrected chi connectivity index (χ1v) is 5.71. The minimum absolute atomic E-state index is 0.0226. The van der Waals surface area contributed by atoms with E-state index in [1.807, 2.05) is 19.0 Å². The number of carbonyl (C=O) groups is 1. The van der Waals surface area contributed by atoms with Crippen molar-refractivity contribution < 1.29 is 9.53 Å². The molecule has 0 saturated heterocycles. The van der Waals surface area contributed by atoms with Crippen LogP contribution in [0.25, 0.3) is 0 Å². The Bertz CT molecular complexity index is 198. The molecular weight excluding hydrogens is 206 g/mol. The van der Waals surface area contributed by atoms with E-state index in [0.29, 0.717) is 0 Å². The van der Waals surface area contributed by atoms with Gasteiger partial charge in [-0.15, -0.1) is 0 Å². The van der Waals surface area contributed by atoms with Gasteiger partial charge in [0, 0.05) is 26.7 Å². The largest absolute Gasteiger partial charge is 0.383 e. The lowest BCUT2D eigenvalue weighted by Gasteiger charge is -2.26. The molecule has 0 fully saturated rings. The van der Waals surface area contributed by atoms with Gasteiger partial charge in [0.25, 0.3) is 0 Å². The van der Waals surface area contributed by atoms with E-state index >= 15 is 0 Å².